The Bertz CT molecular complexity index is 1010. The van der Waals surface area contributed by atoms with E-state index < -0.39 is 6.10 Å². The fourth-order valence-corrected chi connectivity index (χ4v) is 5.27. The van der Waals surface area contributed by atoms with E-state index in [-0.39, 0.29) is 0 Å². The minimum Gasteiger partial charge on any atom is -0.391 e. The molecule has 0 fully saturated rings. The minimum absolute atomic E-state index is 0.427. The number of pyridine rings is 1. The van der Waals surface area contributed by atoms with Crippen LogP contribution in [0, 0.1) is 18.3 Å². The van der Waals surface area contributed by atoms with Gasteiger partial charge in [-0.05, 0) is 30.7 Å². The molecule has 0 amide bonds. The fourth-order valence-electron chi connectivity index (χ4n) is 3.14. The number of nitrogens with zero attached hydrogens (tertiary/aromatic N) is 2. The molecule has 160 valence electrons. The van der Waals surface area contributed by atoms with Gasteiger partial charge in [0.15, 0.2) is 0 Å². The summed E-state index contributed by atoms with van der Waals surface area (Å²) in [6, 6.07) is 22.6. The molecule has 5 heteroatoms. The van der Waals surface area contributed by atoms with Crippen LogP contribution < -0.4 is 0 Å². The summed E-state index contributed by atoms with van der Waals surface area (Å²) in [5.74, 6) is 2.30. The molecule has 0 aliphatic rings. The van der Waals surface area contributed by atoms with E-state index in [0.717, 1.165) is 28.1 Å². The smallest absolute Gasteiger partial charge is 0.115 e. The van der Waals surface area contributed by atoms with Gasteiger partial charge in [0, 0.05) is 22.6 Å². The second-order valence-corrected chi connectivity index (χ2v) is 9.63. The van der Waals surface area contributed by atoms with Gasteiger partial charge in [0.25, 0.3) is 0 Å². The van der Waals surface area contributed by atoms with Gasteiger partial charge in [-0.15, -0.1) is 11.8 Å². The molecule has 0 spiro atoms. The summed E-state index contributed by atoms with van der Waals surface area (Å²) in [6.07, 6.45) is 1.91. The Kier molecular flexibility index (Phi) is 9.02. The normalized spacial score (nSPS) is 11.8. The number of rotatable bonds is 10. The molecular weight excluding hydrogens is 420 g/mol. The largest absolute Gasteiger partial charge is 0.391 e. The minimum atomic E-state index is -0.427. The lowest BCUT2D eigenvalue weighted by molar-refractivity contribution is 0.225. The van der Waals surface area contributed by atoms with Crippen LogP contribution in [0.4, 0.5) is 0 Å². The van der Waals surface area contributed by atoms with Crippen LogP contribution in [0.5, 0.6) is 0 Å². The van der Waals surface area contributed by atoms with E-state index in [9.17, 15) is 10.4 Å². The predicted molar refractivity (Wildman–Crippen MR) is 134 cm³/mol. The van der Waals surface area contributed by atoms with Gasteiger partial charge in [0.2, 0.25) is 0 Å². The predicted octanol–water partition coefficient (Wildman–Crippen LogP) is 6.58. The molecule has 3 rings (SSSR count). The van der Waals surface area contributed by atoms with Crippen molar-refractivity contribution < 1.29 is 5.11 Å². The molecular formula is C26H28N2OS2. The van der Waals surface area contributed by atoms with Gasteiger partial charge in [-0.1, -0.05) is 73.5 Å². The summed E-state index contributed by atoms with van der Waals surface area (Å²) >= 11 is 3.25. The van der Waals surface area contributed by atoms with Crippen molar-refractivity contribution in [1.29, 1.82) is 5.26 Å². The molecule has 2 aromatic carbocycles. The number of thioether (sulfide) groups is 2. The summed E-state index contributed by atoms with van der Waals surface area (Å²) in [5.41, 5.74) is 5.48. The van der Waals surface area contributed by atoms with Crippen LogP contribution in [0.2, 0.25) is 0 Å². The maximum Gasteiger partial charge on any atom is 0.115 e. The zero-order chi connectivity index (χ0) is 22.1. The molecule has 1 heterocycles. The first kappa shape index (κ1) is 23.4. The zero-order valence-electron chi connectivity index (χ0n) is 18.0. The van der Waals surface area contributed by atoms with Gasteiger partial charge in [-0.25, -0.2) is 4.98 Å². The average Bonchev–Trinajstić information content (AvgIpc) is 2.81. The van der Waals surface area contributed by atoms with Gasteiger partial charge in [0.05, 0.1) is 17.4 Å². The van der Waals surface area contributed by atoms with Crippen LogP contribution in [0.1, 0.15) is 30.9 Å². The van der Waals surface area contributed by atoms with E-state index in [0.29, 0.717) is 22.1 Å². The highest BCUT2D eigenvalue weighted by molar-refractivity contribution is 8.00. The Hall–Kier alpha value is -2.26. The molecule has 0 saturated carbocycles. The molecule has 0 aliphatic heterocycles. The number of aliphatic hydroxyl groups is 1. The SMILES string of the molecule is CCCCSC[C@H](O)CSc1nc(-c2ccccc2)cc(-c2ccc(C)cc2)c1C#N. The van der Waals surface area contributed by atoms with E-state index in [2.05, 4.69) is 32.0 Å². The fraction of sp³-hybridized carbons (Fsp3) is 0.308. The highest BCUT2D eigenvalue weighted by Crippen LogP contribution is 2.34. The van der Waals surface area contributed by atoms with E-state index in [1.54, 1.807) is 11.8 Å². The van der Waals surface area contributed by atoms with Crippen LogP contribution >= 0.6 is 23.5 Å². The van der Waals surface area contributed by atoms with Crippen LogP contribution in [0.15, 0.2) is 65.7 Å². The number of hydrogen-bond donors (Lipinski definition) is 1. The lowest BCUT2D eigenvalue weighted by Gasteiger charge is -2.14. The maximum atomic E-state index is 10.4. The Morgan fingerprint density at radius 1 is 1.03 bits per heavy atom. The Morgan fingerprint density at radius 3 is 2.45 bits per heavy atom. The van der Waals surface area contributed by atoms with Crippen LogP contribution in [0.3, 0.4) is 0 Å². The highest BCUT2D eigenvalue weighted by atomic mass is 32.2. The third-order valence-electron chi connectivity index (χ3n) is 4.90. The van der Waals surface area contributed by atoms with Crippen molar-refractivity contribution in [3.8, 4) is 28.5 Å². The van der Waals surface area contributed by atoms with Crippen LogP contribution in [-0.4, -0.2) is 33.5 Å². The van der Waals surface area contributed by atoms with Crippen LogP contribution in [0.25, 0.3) is 22.4 Å². The molecule has 3 nitrogen and oxygen atoms in total. The molecule has 0 radical (unpaired) electrons. The van der Waals surface area contributed by atoms with E-state index >= 15 is 0 Å². The number of aryl methyl sites for hydroxylation is 1. The summed E-state index contributed by atoms with van der Waals surface area (Å²) in [5, 5.41) is 21.1. The topological polar surface area (TPSA) is 56.9 Å². The Balaban J connectivity index is 1.92. The van der Waals surface area contributed by atoms with Gasteiger partial charge in [-0.2, -0.15) is 17.0 Å². The highest BCUT2D eigenvalue weighted by Gasteiger charge is 2.17. The molecule has 3 aromatic rings. The number of nitriles is 1. The monoisotopic (exact) mass is 448 g/mol. The quantitative estimate of drug-likeness (QED) is 0.280. The second kappa shape index (κ2) is 12.0. The van der Waals surface area contributed by atoms with Crippen molar-refractivity contribution in [2.24, 2.45) is 0 Å². The first-order valence-electron chi connectivity index (χ1n) is 10.6. The first-order chi connectivity index (χ1) is 15.1. The number of aromatic nitrogens is 1. The number of benzene rings is 2. The first-order valence-corrected chi connectivity index (χ1v) is 12.7. The second-order valence-electron chi connectivity index (χ2n) is 7.47. The van der Waals surface area contributed by atoms with Crippen LogP contribution in [-0.2, 0) is 0 Å². The standard InChI is InChI=1S/C26H28N2OS2/c1-3-4-14-30-17-22(29)18-31-26-24(16-27)23(20-12-10-19(2)11-13-20)15-25(28-26)21-8-6-5-7-9-21/h5-13,15,22,29H,3-4,14,17-18H2,1-2H3/t22-/m0/s1. The summed E-state index contributed by atoms with van der Waals surface area (Å²) < 4.78 is 0. The summed E-state index contributed by atoms with van der Waals surface area (Å²) in [4.78, 5) is 4.82. The van der Waals surface area contributed by atoms with Crippen molar-refractivity contribution in [2.45, 2.75) is 37.8 Å². The van der Waals surface area contributed by atoms with Crippen molar-refractivity contribution in [1.82, 2.24) is 4.98 Å². The van der Waals surface area contributed by atoms with E-state index in [1.807, 2.05) is 48.5 Å². The zero-order valence-corrected chi connectivity index (χ0v) is 19.7. The lowest BCUT2D eigenvalue weighted by atomic mass is 9.98. The van der Waals surface area contributed by atoms with Gasteiger partial charge in [0.1, 0.15) is 11.1 Å². The Morgan fingerprint density at radius 2 is 1.77 bits per heavy atom. The van der Waals surface area contributed by atoms with Crippen molar-refractivity contribution >= 4 is 23.5 Å². The molecule has 0 bridgehead atoms. The summed E-state index contributed by atoms with van der Waals surface area (Å²) in [6.45, 7) is 4.23. The van der Waals surface area contributed by atoms with Gasteiger partial charge in [-0.3, -0.25) is 0 Å². The number of hydrogen-bond acceptors (Lipinski definition) is 5. The maximum absolute atomic E-state index is 10.4. The third kappa shape index (κ3) is 6.61. The van der Waals surface area contributed by atoms with Crippen molar-refractivity contribution in [2.75, 3.05) is 17.3 Å². The van der Waals surface area contributed by atoms with Crippen molar-refractivity contribution in [3.63, 3.8) is 0 Å². The number of aliphatic hydroxyl groups excluding tert-OH is 1. The number of unbranched alkanes of at least 4 members (excludes halogenated alkanes) is 1. The van der Waals surface area contributed by atoms with Gasteiger partial charge < -0.3 is 5.11 Å². The Labute approximate surface area is 193 Å². The van der Waals surface area contributed by atoms with Crippen molar-refractivity contribution in [3.05, 3.63) is 71.8 Å². The van der Waals surface area contributed by atoms with E-state index in [4.69, 9.17) is 4.98 Å². The molecule has 1 N–H and O–H groups in total. The molecule has 0 unspecified atom stereocenters. The molecule has 0 saturated heterocycles. The molecule has 31 heavy (non-hydrogen) atoms. The molecule has 1 aromatic heterocycles. The van der Waals surface area contributed by atoms with Gasteiger partial charge >= 0.3 is 0 Å². The van der Waals surface area contributed by atoms with E-state index in [1.165, 1.54) is 30.2 Å². The molecule has 0 aliphatic carbocycles. The average molecular weight is 449 g/mol. The summed E-state index contributed by atoms with van der Waals surface area (Å²) in [7, 11) is 0. The molecule has 1 atom stereocenters. The third-order valence-corrected chi connectivity index (χ3v) is 7.21. The lowest BCUT2D eigenvalue weighted by Crippen LogP contribution is -2.14.